The number of carbonyl (C=O) groups is 1. The van der Waals surface area contributed by atoms with Gasteiger partial charge in [-0.25, -0.2) is 0 Å². The third-order valence-corrected chi connectivity index (χ3v) is 7.92. The van der Waals surface area contributed by atoms with Crippen LogP contribution in [0.3, 0.4) is 0 Å². The monoisotopic (exact) mass is 567 g/mol. The Labute approximate surface area is 232 Å². The molecular formula is C32H30BrN3O2. The van der Waals surface area contributed by atoms with Crippen LogP contribution in [-0.4, -0.2) is 5.78 Å². The molecule has 5 nitrogen and oxygen atoms in total. The van der Waals surface area contributed by atoms with Crippen LogP contribution in [0.25, 0.3) is 0 Å². The fraction of sp³-hybridized carbons (Fsp3) is 0.250. The molecule has 1 aliphatic heterocycles. The van der Waals surface area contributed by atoms with Crippen molar-refractivity contribution in [2.24, 2.45) is 5.73 Å². The first-order valence-electron chi connectivity index (χ1n) is 12.8. The summed E-state index contributed by atoms with van der Waals surface area (Å²) in [7, 11) is 0. The van der Waals surface area contributed by atoms with E-state index in [0.29, 0.717) is 30.0 Å². The first kappa shape index (κ1) is 25.8. The lowest BCUT2D eigenvalue weighted by Gasteiger charge is -2.40. The topological polar surface area (TPSA) is 79.3 Å². The molecule has 1 heterocycles. The number of rotatable bonds is 5. The van der Waals surface area contributed by atoms with Crippen molar-refractivity contribution >= 4 is 27.4 Å². The fourth-order valence-electron chi connectivity index (χ4n) is 5.49. The molecule has 0 fully saturated rings. The third-order valence-electron chi connectivity index (χ3n) is 7.43. The summed E-state index contributed by atoms with van der Waals surface area (Å²) in [4.78, 5) is 15.4. The SMILES string of the molecule is Cc1ccc(OCc2cc(C3C(C#N)=C(N)N(c4cccc(Br)c4)C4=C3C(=O)CCC4)c(C)cc2C)cc1. The number of nitrogens with zero attached hydrogens (tertiary/aromatic N) is 2. The Bertz CT molecular complexity index is 1530. The first-order valence-corrected chi connectivity index (χ1v) is 13.6. The standard InChI is InChI=1S/C32H30BrN3O2/c1-19-10-12-25(13-11-19)38-18-22-15-26(21(3)14-20(22)2)30-27(17-34)32(35)36(24-7-4-6-23(33)16-24)28-8-5-9-29(37)31(28)30/h4,6-7,10-16,30H,5,8-9,18,35H2,1-3H3. The highest BCUT2D eigenvalue weighted by molar-refractivity contribution is 9.10. The fourth-order valence-corrected chi connectivity index (χ4v) is 5.87. The predicted molar refractivity (Wildman–Crippen MR) is 153 cm³/mol. The van der Waals surface area contributed by atoms with E-state index in [9.17, 15) is 10.1 Å². The van der Waals surface area contributed by atoms with E-state index < -0.39 is 5.92 Å². The molecule has 0 radical (unpaired) electrons. The lowest BCUT2D eigenvalue weighted by molar-refractivity contribution is -0.116. The highest BCUT2D eigenvalue weighted by Crippen LogP contribution is 2.47. The highest BCUT2D eigenvalue weighted by Gasteiger charge is 2.41. The average Bonchev–Trinajstić information content (AvgIpc) is 2.89. The molecule has 2 aliphatic rings. The van der Waals surface area contributed by atoms with E-state index in [-0.39, 0.29) is 5.78 Å². The molecule has 1 unspecified atom stereocenters. The second-order valence-corrected chi connectivity index (χ2v) is 10.9. The molecule has 2 N–H and O–H groups in total. The Balaban J connectivity index is 1.62. The van der Waals surface area contributed by atoms with Crippen LogP contribution in [0.1, 0.15) is 53.0 Å². The summed E-state index contributed by atoms with van der Waals surface area (Å²) >= 11 is 3.55. The zero-order valence-electron chi connectivity index (χ0n) is 21.8. The molecule has 38 heavy (non-hydrogen) atoms. The Morgan fingerprint density at radius 1 is 1.05 bits per heavy atom. The molecule has 3 aromatic rings. The number of nitriles is 1. The summed E-state index contributed by atoms with van der Waals surface area (Å²) in [5.41, 5.74) is 14.8. The molecule has 3 aromatic carbocycles. The van der Waals surface area contributed by atoms with E-state index in [1.807, 2.05) is 67.3 Å². The zero-order chi connectivity index (χ0) is 27.0. The van der Waals surface area contributed by atoms with Crippen LogP contribution in [0.4, 0.5) is 5.69 Å². The maximum Gasteiger partial charge on any atom is 0.161 e. The number of halogens is 1. The van der Waals surface area contributed by atoms with Gasteiger partial charge in [-0.3, -0.25) is 9.69 Å². The van der Waals surface area contributed by atoms with Crippen molar-refractivity contribution in [3.8, 4) is 11.8 Å². The predicted octanol–water partition coefficient (Wildman–Crippen LogP) is 7.26. The van der Waals surface area contributed by atoms with Gasteiger partial charge in [0, 0.05) is 27.9 Å². The molecule has 0 bridgehead atoms. The van der Waals surface area contributed by atoms with Gasteiger partial charge in [0.15, 0.2) is 5.78 Å². The molecule has 192 valence electrons. The van der Waals surface area contributed by atoms with Crippen molar-refractivity contribution < 1.29 is 9.53 Å². The first-order chi connectivity index (χ1) is 18.3. The number of carbonyl (C=O) groups excluding carboxylic acids is 1. The number of benzene rings is 3. The van der Waals surface area contributed by atoms with Gasteiger partial charge in [-0.05, 0) is 86.2 Å². The van der Waals surface area contributed by atoms with E-state index >= 15 is 0 Å². The smallest absolute Gasteiger partial charge is 0.161 e. The summed E-state index contributed by atoms with van der Waals surface area (Å²) in [6.07, 6.45) is 1.94. The van der Waals surface area contributed by atoms with E-state index in [1.54, 1.807) is 0 Å². The molecule has 0 amide bonds. The van der Waals surface area contributed by atoms with Crippen LogP contribution in [0.2, 0.25) is 0 Å². The number of anilines is 1. The van der Waals surface area contributed by atoms with E-state index in [4.69, 9.17) is 10.5 Å². The largest absolute Gasteiger partial charge is 0.489 e. The number of nitrogens with two attached hydrogens (primary N) is 1. The second kappa shape index (κ2) is 10.5. The van der Waals surface area contributed by atoms with Gasteiger partial charge in [-0.15, -0.1) is 0 Å². The van der Waals surface area contributed by atoms with Gasteiger partial charge in [0.2, 0.25) is 0 Å². The van der Waals surface area contributed by atoms with Crippen molar-refractivity contribution in [2.75, 3.05) is 4.90 Å². The van der Waals surface area contributed by atoms with Crippen molar-refractivity contribution in [3.63, 3.8) is 0 Å². The number of ether oxygens (including phenoxy) is 1. The van der Waals surface area contributed by atoms with Crippen molar-refractivity contribution in [1.82, 2.24) is 0 Å². The van der Waals surface area contributed by atoms with Gasteiger partial charge in [-0.2, -0.15) is 5.26 Å². The number of hydrogen-bond acceptors (Lipinski definition) is 5. The molecule has 0 saturated carbocycles. The molecule has 0 saturated heterocycles. The van der Waals surface area contributed by atoms with Gasteiger partial charge in [0.1, 0.15) is 18.2 Å². The summed E-state index contributed by atoms with van der Waals surface area (Å²) in [5, 5.41) is 10.4. The molecule has 1 atom stereocenters. The average molecular weight is 569 g/mol. The Hall–Kier alpha value is -3.82. The quantitative estimate of drug-likeness (QED) is 0.351. The number of ketones is 1. The lowest BCUT2D eigenvalue weighted by atomic mass is 9.74. The molecule has 6 heteroatoms. The number of Topliss-reactive ketones (excluding diaryl/α,β-unsaturated/α-hetero) is 1. The summed E-state index contributed by atoms with van der Waals surface area (Å²) in [5.74, 6) is 0.745. The molecule has 5 rings (SSSR count). The van der Waals surface area contributed by atoms with Crippen molar-refractivity contribution in [1.29, 1.82) is 5.26 Å². The van der Waals surface area contributed by atoms with Crippen LogP contribution >= 0.6 is 15.9 Å². The third kappa shape index (κ3) is 4.75. The van der Waals surface area contributed by atoms with Crippen molar-refractivity contribution in [3.05, 3.63) is 116 Å². The van der Waals surface area contributed by atoms with Gasteiger partial charge in [0.25, 0.3) is 0 Å². The Morgan fingerprint density at radius 3 is 2.53 bits per heavy atom. The maximum atomic E-state index is 13.5. The molecular weight excluding hydrogens is 538 g/mol. The molecule has 0 spiro atoms. The van der Waals surface area contributed by atoms with Crippen molar-refractivity contribution in [2.45, 2.75) is 52.6 Å². The summed E-state index contributed by atoms with van der Waals surface area (Å²) < 4.78 is 7.01. The highest BCUT2D eigenvalue weighted by atomic mass is 79.9. The van der Waals surface area contributed by atoms with Gasteiger partial charge in [-0.1, -0.05) is 51.8 Å². The molecule has 1 aliphatic carbocycles. The minimum atomic E-state index is -0.509. The van der Waals surface area contributed by atoms with Crippen LogP contribution in [-0.2, 0) is 11.4 Å². The summed E-state index contributed by atoms with van der Waals surface area (Å²) in [6.45, 7) is 6.53. The summed E-state index contributed by atoms with van der Waals surface area (Å²) in [6, 6.07) is 22.4. The van der Waals surface area contributed by atoms with Gasteiger partial charge >= 0.3 is 0 Å². The Kier molecular flexibility index (Phi) is 7.14. The minimum absolute atomic E-state index is 0.0777. The number of allylic oxidation sites excluding steroid dienone is 3. The van der Waals surface area contributed by atoms with Gasteiger partial charge < -0.3 is 10.5 Å². The van der Waals surface area contributed by atoms with Crippen LogP contribution < -0.4 is 15.4 Å². The van der Waals surface area contributed by atoms with Crippen LogP contribution in [0.5, 0.6) is 5.75 Å². The Morgan fingerprint density at radius 2 is 1.82 bits per heavy atom. The van der Waals surface area contributed by atoms with Crippen LogP contribution in [0.15, 0.2) is 87.8 Å². The zero-order valence-corrected chi connectivity index (χ0v) is 23.4. The lowest BCUT2D eigenvalue weighted by Crippen LogP contribution is -2.39. The van der Waals surface area contributed by atoms with Gasteiger partial charge in [0.05, 0.1) is 17.6 Å². The normalized spacial score (nSPS) is 17.4. The van der Waals surface area contributed by atoms with Crippen LogP contribution in [0, 0.1) is 32.1 Å². The maximum absolute atomic E-state index is 13.5. The van der Waals surface area contributed by atoms with E-state index in [1.165, 1.54) is 5.56 Å². The number of aryl methyl sites for hydroxylation is 3. The van der Waals surface area contributed by atoms with E-state index in [2.05, 4.69) is 41.1 Å². The van der Waals surface area contributed by atoms with E-state index in [0.717, 1.165) is 56.7 Å². The molecule has 0 aromatic heterocycles. The number of hydrogen-bond donors (Lipinski definition) is 1. The second-order valence-electron chi connectivity index (χ2n) is 10.0. The minimum Gasteiger partial charge on any atom is -0.489 e.